The van der Waals surface area contributed by atoms with E-state index in [9.17, 15) is 4.79 Å². The fraction of sp³-hybridized carbons (Fsp3) is 0.500. The highest BCUT2D eigenvalue weighted by Crippen LogP contribution is 2.08. The van der Waals surface area contributed by atoms with Gasteiger partial charge in [-0.15, -0.1) is 0 Å². The molecule has 0 saturated heterocycles. The van der Waals surface area contributed by atoms with Gasteiger partial charge >= 0.3 is 0 Å². The molecule has 3 N–H and O–H groups in total. The molecule has 4 nitrogen and oxygen atoms in total. The minimum Gasteiger partial charge on any atom is -0.399 e. The Bertz CT molecular complexity index is 376. The SMILES string of the molecule is CCC(C)NC(=O)C(C)OCc1ccc(N)cc1. The van der Waals surface area contributed by atoms with Crippen LogP contribution in [0.2, 0.25) is 0 Å². The third-order valence-electron chi connectivity index (χ3n) is 2.85. The van der Waals surface area contributed by atoms with Crippen LogP contribution in [0.5, 0.6) is 0 Å². The predicted molar refractivity (Wildman–Crippen MR) is 73.0 cm³/mol. The van der Waals surface area contributed by atoms with Gasteiger partial charge in [0.2, 0.25) is 5.91 Å². The van der Waals surface area contributed by atoms with E-state index in [1.807, 2.05) is 38.1 Å². The van der Waals surface area contributed by atoms with Crippen molar-refractivity contribution in [3.8, 4) is 0 Å². The summed E-state index contributed by atoms with van der Waals surface area (Å²) >= 11 is 0. The topological polar surface area (TPSA) is 64.3 Å². The average molecular weight is 250 g/mol. The zero-order valence-electron chi connectivity index (χ0n) is 11.3. The third kappa shape index (κ3) is 4.75. The molecule has 1 aromatic carbocycles. The Kier molecular flexibility index (Phi) is 5.65. The van der Waals surface area contributed by atoms with Crippen LogP contribution >= 0.6 is 0 Å². The van der Waals surface area contributed by atoms with Crippen LogP contribution in [0.3, 0.4) is 0 Å². The van der Waals surface area contributed by atoms with Gasteiger partial charge in [0.15, 0.2) is 0 Å². The largest absolute Gasteiger partial charge is 0.399 e. The minimum atomic E-state index is -0.448. The maximum atomic E-state index is 11.7. The predicted octanol–water partition coefficient (Wildman–Crippen LogP) is 2.09. The van der Waals surface area contributed by atoms with Crippen molar-refractivity contribution in [3.05, 3.63) is 29.8 Å². The molecule has 0 aromatic heterocycles. The first-order valence-corrected chi connectivity index (χ1v) is 6.29. The summed E-state index contributed by atoms with van der Waals surface area (Å²) in [4.78, 5) is 11.7. The van der Waals surface area contributed by atoms with E-state index >= 15 is 0 Å². The molecule has 18 heavy (non-hydrogen) atoms. The Morgan fingerprint density at radius 2 is 1.94 bits per heavy atom. The molecular formula is C14H22N2O2. The molecule has 0 radical (unpaired) electrons. The highest BCUT2D eigenvalue weighted by Gasteiger charge is 2.14. The number of amides is 1. The minimum absolute atomic E-state index is 0.0696. The molecule has 0 heterocycles. The second-order valence-electron chi connectivity index (χ2n) is 4.51. The normalized spacial score (nSPS) is 13.9. The number of rotatable bonds is 6. The van der Waals surface area contributed by atoms with E-state index < -0.39 is 6.10 Å². The van der Waals surface area contributed by atoms with Gasteiger partial charge in [0.05, 0.1) is 6.61 Å². The standard InChI is InChI=1S/C14H22N2O2/c1-4-10(2)16-14(17)11(3)18-9-12-5-7-13(15)8-6-12/h5-8,10-11H,4,9,15H2,1-3H3,(H,16,17). The Labute approximate surface area is 109 Å². The average Bonchev–Trinajstić information content (AvgIpc) is 2.37. The molecule has 1 amide bonds. The van der Waals surface area contributed by atoms with E-state index in [1.165, 1.54) is 0 Å². The van der Waals surface area contributed by atoms with E-state index in [0.717, 1.165) is 17.7 Å². The van der Waals surface area contributed by atoms with Crippen LogP contribution in [0.4, 0.5) is 5.69 Å². The van der Waals surface area contributed by atoms with Crippen molar-refractivity contribution in [2.24, 2.45) is 0 Å². The van der Waals surface area contributed by atoms with Gasteiger partial charge < -0.3 is 15.8 Å². The molecule has 4 heteroatoms. The number of hydrogen-bond donors (Lipinski definition) is 2. The van der Waals surface area contributed by atoms with Crippen molar-refractivity contribution in [3.63, 3.8) is 0 Å². The van der Waals surface area contributed by atoms with Crippen LogP contribution in [0, 0.1) is 0 Å². The Morgan fingerprint density at radius 1 is 1.33 bits per heavy atom. The molecule has 1 rings (SSSR count). The summed E-state index contributed by atoms with van der Waals surface area (Å²) in [5, 5.41) is 2.89. The van der Waals surface area contributed by atoms with E-state index in [1.54, 1.807) is 6.92 Å². The molecule has 0 saturated carbocycles. The van der Waals surface area contributed by atoms with Crippen molar-refractivity contribution in [2.75, 3.05) is 5.73 Å². The van der Waals surface area contributed by atoms with Crippen LogP contribution in [0.1, 0.15) is 32.8 Å². The smallest absolute Gasteiger partial charge is 0.249 e. The van der Waals surface area contributed by atoms with Gasteiger partial charge in [0.1, 0.15) is 6.10 Å². The summed E-state index contributed by atoms with van der Waals surface area (Å²) in [7, 11) is 0. The molecule has 1 aromatic rings. The van der Waals surface area contributed by atoms with Crippen molar-refractivity contribution in [1.29, 1.82) is 0 Å². The fourth-order valence-corrected chi connectivity index (χ4v) is 1.37. The summed E-state index contributed by atoms with van der Waals surface area (Å²) in [5.74, 6) is -0.0696. The number of ether oxygens (including phenoxy) is 1. The Hall–Kier alpha value is -1.55. The number of benzene rings is 1. The third-order valence-corrected chi connectivity index (χ3v) is 2.85. The van der Waals surface area contributed by atoms with Crippen molar-refractivity contribution < 1.29 is 9.53 Å². The van der Waals surface area contributed by atoms with Crippen LogP contribution < -0.4 is 11.1 Å². The fourth-order valence-electron chi connectivity index (χ4n) is 1.37. The highest BCUT2D eigenvalue weighted by atomic mass is 16.5. The van der Waals surface area contributed by atoms with E-state index in [-0.39, 0.29) is 11.9 Å². The molecule has 0 aliphatic rings. The highest BCUT2D eigenvalue weighted by molar-refractivity contribution is 5.80. The van der Waals surface area contributed by atoms with Crippen molar-refractivity contribution in [1.82, 2.24) is 5.32 Å². The van der Waals surface area contributed by atoms with Gasteiger partial charge in [-0.05, 0) is 38.0 Å². The number of nitrogens with two attached hydrogens (primary N) is 1. The summed E-state index contributed by atoms with van der Waals surface area (Å²) in [6, 6.07) is 7.62. The lowest BCUT2D eigenvalue weighted by molar-refractivity contribution is -0.133. The molecule has 0 aliphatic carbocycles. The summed E-state index contributed by atoms with van der Waals surface area (Å²) in [6.45, 7) is 6.18. The second-order valence-corrected chi connectivity index (χ2v) is 4.51. The second kappa shape index (κ2) is 7.01. The zero-order valence-corrected chi connectivity index (χ0v) is 11.3. The summed E-state index contributed by atoms with van der Waals surface area (Å²) < 4.78 is 5.52. The lowest BCUT2D eigenvalue weighted by Gasteiger charge is -2.16. The van der Waals surface area contributed by atoms with Gasteiger partial charge in [-0.25, -0.2) is 0 Å². The molecule has 0 aliphatic heterocycles. The first-order valence-electron chi connectivity index (χ1n) is 6.29. The first kappa shape index (κ1) is 14.5. The van der Waals surface area contributed by atoms with Gasteiger partial charge in [0.25, 0.3) is 0 Å². The van der Waals surface area contributed by atoms with E-state index in [2.05, 4.69) is 5.32 Å². The van der Waals surface area contributed by atoms with Crippen LogP contribution in [0.15, 0.2) is 24.3 Å². The van der Waals surface area contributed by atoms with Crippen LogP contribution in [-0.4, -0.2) is 18.1 Å². The van der Waals surface area contributed by atoms with Gasteiger partial charge in [0, 0.05) is 11.7 Å². The van der Waals surface area contributed by atoms with Gasteiger partial charge in [-0.1, -0.05) is 19.1 Å². The quantitative estimate of drug-likeness (QED) is 0.760. The number of carbonyl (C=O) groups excluding carboxylic acids is 1. The zero-order chi connectivity index (χ0) is 13.5. The Morgan fingerprint density at radius 3 is 2.50 bits per heavy atom. The van der Waals surface area contributed by atoms with E-state index in [4.69, 9.17) is 10.5 Å². The molecule has 0 bridgehead atoms. The molecule has 0 fully saturated rings. The van der Waals surface area contributed by atoms with Crippen LogP contribution in [0.25, 0.3) is 0 Å². The maximum absolute atomic E-state index is 11.7. The molecule has 100 valence electrons. The Balaban J connectivity index is 2.38. The lowest BCUT2D eigenvalue weighted by atomic mass is 10.2. The first-order chi connectivity index (χ1) is 8.52. The van der Waals surface area contributed by atoms with Crippen molar-refractivity contribution in [2.45, 2.75) is 45.9 Å². The monoisotopic (exact) mass is 250 g/mol. The van der Waals surface area contributed by atoms with Crippen LogP contribution in [-0.2, 0) is 16.1 Å². The molecule has 2 unspecified atom stereocenters. The number of hydrogen-bond acceptors (Lipinski definition) is 3. The van der Waals surface area contributed by atoms with E-state index in [0.29, 0.717) is 6.61 Å². The van der Waals surface area contributed by atoms with Gasteiger partial charge in [-0.2, -0.15) is 0 Å². The van der Waals surface area contributed by atoms with Crippen molar-refractivity contribution >= 4 is 11.6 Å². The number of carbonyl (C=O) groups is 1. The number of anilines is 1. The summed E-state index contributed by atoms with van der Waals surface area (Å²) in [6.07, 6.45) is 0.465. The number of nitrogens with one attached hydrogen (secondary N) is 1. The lowest BCUT2D eigenvalue weighted by Crippen LogP contribution is -2.39. The van der Waals surface area contributed by atoms with Gasteiger partial charge in [-0.3, -0.25) is 4.79 Å². The summed E-state index contributed by atoms with van der Waals surface area (Å²) in [5.41, 5.74) is 7.33. The molecular weight excluding hydrogens is 228 g/mol. The number of nitrogen functional groups attached to an aromatic ring is 1. The molecule has 2 atom stereocenters. The molecule has 0 spiro atoms. The maximum Gasteiger partial charge on any atom is 0.249 e.